The Balaban J connectivity index is 1.79. The number of nitrogens with zero attached hydrogens (tertiary/aromatic N) is 2. The van der Waals surface area contributed by atoms with Crippen LogP contribution in [0.3, 0.4) is 0 Å². The number of rotatable bonds is 3. The normalized spacial score (nSPS) is 32.2. The molecule has 98 valence electrons. The smallest absolute Gasteiger partial charge is 0.213 e. The van der Waals surface area contributed by atoms with Gasteiger partial charge in [0.25, 0.3) is 0 Å². The Morgan fingerprint density at radius 3 is 2.72 bits per heavy atom. The summed E-state index contributed by atoms with van der Waals surface area (Å²) in [5, 5.41) is 0. The minimum atomic E-state index is 0.503. The molecular formula is C15H22N2O. The van der Waals surface area contributed by atoms with Gasteiger partial charge in [0, 0.05) is 23.7 Å². The third-order valence-corrected chi connectivity index (χ3v) is 4.69. The van der Waals surface area contributed by atoms with Gasteiger partial charge in [-0.1, -0.05) is 13.0 Å². The molecule has 2 bridgehead atoms. The SMILES string of the molecule is COc1cccc(C(C)C2CC3CCN2CC3)n1. The maximum atomic E-state index is 5.23. The van der Waals surface area contributed by atoms with Gasteiger partial charge in [-0.15, -0.1) is 0 Å². The molecule has 0 N–H and O–H groups in total. The number of ether oxygens (including phenoxy) is 1. The lowest BCUT2D eigenvalue weighted by molar-refractivity contribution is 0.0370. The molecule has 0 amide bonds. The fraction of sp³-hybridized carbons (Fsp3) is 0.667. The summed E-state index contributed by atoms with van der Waals surface area (Å²) in [7, 11) is 1.68. The Bertz CT molecular complexity index is 413. The van der Waals surface area contributed by atoms with Gasteiger partial charge in [-0.2, -0.15) is 0 Å². The van der Waals surface area contributed by atoms with Crippen molar-refractivity contribution in [1.29, 1.82) is 0 Å². The summed E-state index contributed by atoms with van der Waals surface area (Å²) in [5.74, 6) is 2.19. The molecule has 0 aliphatic carbocycles. The highest BCUT2D eigenvalue weighted by Crippen LogP contribution is 2.38. The van der Waals surface area contributed by atoms with Crippen LogP contribution in [0.1, 0.15) is 37.8 Å². The van der Waals surface area contributed by atoms with Crippen molar-refractivity contribution in [3.63, 3.8) is 0 Å². The zero-order chi connectivity index (χ0) is 12.5. The second kappa shape index (κ2) is 4.88. The predicted molar refractivity (Wildman–Crippen MR) is 71.9 cm³/mol. The van der Waals surface area contributed by atoms with E-state index in [0.717, 1.165) is 11.8 Å². The van der Waals surface area contributed by atoms with Crippen molar-refractivity contribution in [2.75, 3.05) is 20.2 Å². The summed E-state index contributed by atoms with van der Waals surface area (Å²) in [6.07, 6.45) is 4.14. The van der Waals surface area contributed by atoms with Gasteiger partial charge in [0.1, 0.15) is 0 Å². The molecule has 4 rings (SSSR count). The fourth-order valence-electron chi connectivity index (χ4n) is 3.53. The van der Waals surface area contributed by atoms with Crippen LogP contribution in [0, 0.1) is 5.92 Å². The van der Waals surface area contributed by atoms with Crippen LogP contribution in [0.15, 0.2) is 18.2 Å². The van der Waals surface area contributed by atoms with Gasteiger partial charge >= 0.3 is 0 Å². The molecule has 0 radical (unpaired) electrons. The molecule has 4 heterocycles. The van der Waals surface area contributed by atoms with Gasteiger partial charge in [0.05, 0.1) is 7.11 Å². The molecular weight excluding hydrogens is 224 g/mol. The molecule has 3 aliphatic heterocycles. The van der Waals surface area contributed by atoms with Crippen molar-refractivity contribution in [2.45, 2.75) is 38.1 Å². The van der Waals surface area contributed by atoms with E-state index in [1.807, 2.05) is 12.1 Å². The van der Waals surface area contributed by atoms with Crippen LogP contribution in [0.25, 0.3) is 0 Å². The third-order valence-electron chi connectivity index (χ3n) is 4.69. The molecule has 3 aliphatic rings. The van der Waals surface area contributed by atoms with E-state index in [2.05, 4.69) is 22.9 Å². The van der Waals surface area contributed by atoms with Crippen LogP contribution in [0.4, 0.5) is 0 Å². The molecule has 1 aromatic rings. The quantitative estimate of drug-likeness (QED) is 0.820. The third kappa shape index (κ3) is 2.12. The molecule has 3 nitrogen and oxygen atoms in total. The molecule has 0 saturated carbocycles. The van der Waals surface area contributed by atoms with Crippen molar-refractivity contribution in [2.24, 2.45) is 5.92 Å². The highest BCUT2D eigenvalue weighted by molar-refractivity contribution is 5.20. The van der Waals surface area contributed by atoms with Crippen molar-refractivity contribution >= 4 is 0 Å². The minimum Gasteiger partial charge on any atom is -0.481 e. The van der Waals surface area contributed by atoms with E-state index < -0.39 is 0 Å². The molecule has 3 saturated heterocycles. The van der Waals surface area contributed by atoms with E-state index in [-0.39, 0.29) is 0 Å². The highest BCUT2D eigenvalue weighted by atomic mass is 16.5. The minimum absolute atomic E-state index is 0.503. The van der Waals surface area contributed by atoms with E-state index in [1.165, 1.54) is 38.0 Å². The molecule has 18 heavy (non-hydrogen) atoms. The van der Waals surface area contributed by atoms with E-state index in [4.69, 9.17) is 4.74 Å². The van der Waals surface area contributed by atoms with Gasteiger partial charge in [-0.3, -0.25) is 4.90 Å². The molecule has 0 spiro atoms. The molecule has 3 fully saturated rings. The molecule has 1 aromatic heterocycles. The summed E-state index contributed by atoms with van der Waals surface area (Å²) in [6, 6.07) is 6.78. The van der Waals surface area contributed by atoms with Crippen molar-refractivity contribution in [3.05, 3.63) is 23.9 Å². The standard InChI is InChI=1S/C15H22N2O/c1-11(13-4-3-5-15(16-13)18-2)14-10-12-6-8-17(14)9-7-12/h3-5,11-12,14H,6-10H2,1-2H3. The van der Waals surface area contributed by atoms with Crippen LogP contribution in [0.5, 0.6) is 5.88 Å². The average Bonchev–Trinajstić information content (AvgIpc) is 2.47. The highest BCUT2D eigenvalue weighted by Gasteiger charge is 2.37. The van der Waals surface area contributed by atoms with Gasteiger partial charge in [0.2, 0.25) is 5.88 Å². The van der Waals surface area contributed by atoms with Gasteiger partial charge in [-0.05, 0) is 44.3 Å². The fourth-order valence-corrected chi connectivity index (χ4v) is 3.53. The number of aromatic nitrogens is 1. The Morgan fingerprint density at radius 2 is 2.11 bits per heavy atom. The lowest BCUT2D eigenvalue weighted by Gasteiger charge is -2.47. The zero-order valence-corrected chi connectivity index (χ0v) is 11.3. The maximum absolute atomic E-state index is 5.23. The number of methoxy groups -OCH3 is 1. The van der Waals surface area contributed by atoms with Crippen molar-refractivity contribution < 1.29 is 4.74 Å². The van der Waals surface area contributed by atoms with E-state index in [1.54, 1.807) is 7.11 Å². The lowest BCUT2D eigenvalue weighted by atomic mass is 9.78. The maximum Gasteiger partial charge on any atom is 0.213 e. The summed E-state index contributed by atoms with van der Waals surface area (Å²) in [6.45, 7) is 4.88. The van der Waals surface area contributed by atoms with Crippen LogP contribution in [-0.4, -0.2) is 36.1 Å². The Hall–Kier alpha value is -1.09. The first-order chi connectivity index (χ1) is 8.78. The van der Waals surface area contributed by atoms with Crippen LogP contribution in [0.2, 0.25) is 0 Å². The summed E-state index contributed by atoms with van der Waals surface area (Å²) in [5.41, 5.74) is 1.17. The molecule has 2 unspecified atom stereocenters. The van der Waals surface area contributed by atoms with Crippen LogP contribution >= 0.6 is 0 Å². The first kappa shape index (κ1) is 12.0. The summed E-state index contributed by atoms with van der Waals surface area (Å²) in [4.78, 5) is 7.26. The Kier molecular flexibility index (Phi) is 3.25. The monoisotopic (exact) mass is 246 g/mol. The first-order valence-electron chi connectivity index (χ1n) is 7.03. The second-order valence-electron chi connectivity index (χ2n) is 5.68. The number of hydrogen-bond acceptors (Lipinski definition) is 3. The Labute approximate surface area is 109 Å². The molecule has 3 heteroatoms. The zero-order valence-electron chi connectivity index (χ0n) is 11.3. The summed E-state index contributed by atoms with van der Waals surface area (Å²) >= 11 is 0. The van der Waals surface area contributed by atoms with Gasteiger partial charge in [-0.25, -0.2) is 4.98 Å². The van der Waals surface area contributed by atoms with Gasteiger partial charge < -0.3 is 4.74 Å². The second-order valence-corrected chi connectivity index (χ2v) is 5.68. The molecule has 0 aromatic carbocycles. The number of piperidine rings is 3. The largest absolute Gasteiger partial charge is 0.481 e. The topological polar surface area (TPSA) is 25.4 Å². The van der Waals surface area contributed by atoms with E-state index in [0.29, 0.717) is 12.0 Å². The summed E-state index contributed by atoms with van der Waals surface area (Å²) < 4.78 is 5.23. The molecule has 2 atom stereocenters. The van der Waals surface area contributed by atoms with E-state index >= 15 is 0 Å². The van der Waals surface area contributed by atoms with Crippen molar-refractivity contribution in [1.82, 2.24) is 9.88 Å². The predicted octanol–water partition coefficient (Wildman–Crippen LogP) is 2.68. The van der Waals surface area contributed by atoms with Crippen LogP contribution < -0.4 is 4.74 Å². The number of fused-ring (bicyclic) bond motifs is 3. The Morgan fingerprint density at radius 1 is 1.33 bits per heavy atom. The van der Waals surface area contributed by atoms with Crippen LogP contribution in [-0.2, 0) is 0 Å². The number of hydrogen-bond donors (Lipinski definition) is 0. The van der Waals surface area contributed by atoms with Crippen molar-refractivity contribution in [3.8, 4) is 5.88 Å². The average molecular weight is 246 g/mol. The van der Waals surface area contributed by atoms with Gasteiger partial charge in [0.15, 0.2) is 0 Å². The van der Waals surface area contributed by atoms with E-state index in [9.17, 15) is 0 Å². The lowest BCUT2D eigenvalue weighted by Crippen LogP contribution is -2.50. The number of pyridine rings is 1. The first-order valence-corrected chi connectivity index (χ1v) is 7.03.